The van der Waals surface area contributed by atoms with E-state index in [4.69, 9.17) is 10.5 Å². The zero-order valence-electron chi connectivity index (χ0n) is 12.1. The molecule has 0 radical (unpaired) electrons. The summed E-state index contributed by atoms with van der Waals surface area (Å²) >= 11 is 0. The number of rotatable bonds is 7. The molecule has 1 aromatic heterocycles. The van der Waals surface area contributed by atoms with Crippen LogP contribution >= 0.6 is 0 Å². The van der Waals surface area contributed by atoms with E-state index in [0.717, 1.165) is 44.7 Å². The molecule has 2 heterocycles. The van der Waals surface area contributed by atoms with Crippen molar-refractivity contribution in [2.45, 2.75) is 32.7 Å². The van der Waals surface area contributed by atoms with Crippen LogP contribution in [0.25, 0.3) is 0 Å². The summed E-state index contributed by atoms with van der Waals surface area (Å²) < 4.78 is 7.16. The minimum Gasteiger partial charge on any atom is -0.381 e. The Morgan fingerprint density at radius 3 is 3.20 bits per heavy atom. The highest BCUT2D eigenvalue weighted by Crippen LogP contribution is 2.15. The van der Waals surface area contributed by atoms with Crippen LogP contribution in [0.3, 0.4) is 0 Å². The highest BCUT2D eigenvalue weighted by molar-refractivity contribution is 5.94. The van der Waals surface area contributed by atoms with Crippen LogP contribution < -0.4 is 11.1 Å². The molecule has 2 rings (SSSR count). The lowest BCUT2D eigenvalue weighted by molar-refractivity contribution is 0.0949. The van der Waals surface area contributed by atoms with Crippen molar-refractivity contribution in [2.24, 2.45) is 11.7 Å². The topological polar surface area (TPSA) is 82.2 Å². The number of aromatic nitrogens is 2. The third-order valence-corrected chi connectivity index (χ3v) is 3.78. The Hall–Kier alpha value is -1.40. The first-order chi connectivity index (χ1) is 9.72. The normalized spacial score (nSPS) is 18.4. The number of aryl methyl sites for hydroxylation is 1. The molecule has 1 unspecified atom stereocenters. The summed E-state index contributed by atoms with van der Waals surface area (Å²) in [4.78, 5) is 12.1. The lowest BCUT2D eigenvalue weighted by Crippen LogP contribution is -2.26. The highest BCUT2D eigenvalue weighted by atomic mass is 16.5. The molecule has 6 heteroatoms. The fraction of sp³-hybridized carbons (Fsp3) is 0.714. The van der Waals surface area contributed by atoms with Gasteiger partial charge in [0, 0.05) is 32.0 Å². The first-order valence-corrected chi connectivity index (χ1v) is 7.30. The molecule has 1 aliphatic heterocycles. The van der Waals surface area contributed by atoms with Gasteiger partial charge in [0.25, 0.3) is 5.91 Å². The Balaban J connectivity index is 1.80. The van der Waals surface area contributed by atoms with E-state index < -0.39 is 0 Å². The summed E-state index contributed by atoms with van der Waals surface area (Å²) in [6.45, 7) is 5.68. The number of hydrogen-bond donors (Lipinski definition) is 2. The molecule has 6 nitrogen and oxygen atoms in total. The summed E-state index contributed by atoms with van der Waals surface area (Å²) in [5.41, 5.74) is 7.05. The standard InChI is InChI=1S/C14H24N4O2/c1-11-13(9-17-18(11)7-2-5-15)14(19)16-6-3-12-4-8-20-10-12/h9,12H,2-8,10,15H2,1H3,(H,16,19). The molecule has 20 heavy (non-hydrogen) atoms. The van der Waals surface area contributed by atoms with E-state index in [-0.39, 0.29) is 5.91 Å². The summed E-state index contributed by atoms with van der Waals surface area (Å²) in [6, 6.07) is 0. The Labute approximate surface area is 119 Å². The zero-order valence-corrected chi connectivity index (χ0v) is 12.1. The van der Waals surface area contributed by atoms with Crippen molar-refractivity contribution >= 4 is 5.91 Å². The number of nitrogens with two attached hydrogens (primary N) is 1. The van der Waals surface area contributed by atoms with E-state index in [1.165, 1.54) is 0 Å². The SMILES string of the molecule is Cc1c(C(=O)NCCC2CCOC2)cnn1CCCN. The van der Waals surface area contributed by atoms with Crippen molar-refractivity contribution in [1.82, 2.24) is 15.1 Å². The molecule has 112 valence electrons. The molecule has 0 saturated carbocycles. The van der Waals surface area contributed by atoms with Gasteiger partial charge in [-0.05, 0) is 38.6 Å². The summed E-state index contributed by atoms with van der Waals surface area (Å²) in [5.74, 6) is 0.545. The Morgan fingerprint density at radius 1 is 1.65 bits per heavy atom. The lowest BCUT2D eigenvalue weighted by Gasteiger charge is -2.09. The van der Waals surface area contributed by atoms with Gasteiger partial charge in [-0.1, -0.05) is 0 Å². The number of ether oxygens (including phenoxy) is 1. The van der Waals surface area contributed by atoms with Crippen LogP contribution in [-0.4, -0.2) is 42.0 Å². The van der Waals surface area contributed by atoms with E-state index in [1.807, 2.05) is 11.6 Å². The van der Waals surface area contributed by atoms with E-state index in [1.54, 1.807) is 6.20 Å². The van der Waals surface area contributed by atoms with Gasteiger partial charge in [0.15, 0.2) is 0 Å². The second kappa shape index (κ2) is 7.40. The number of nitrogens with one attached hydrogen (secondary N) is 1. The number of amides is 1. The maximum Gasteiger partial charge on any atom is 0.254 e. The quantitative estimate of drug-likeness (QED) is 0.770. The maximum absolute atomic E-state index is 12.1. The van der Waals surface area contributed by atoms with Gasteiger partial charge >= 0.3 is 0 Å². The van der Waals surface area contributed by atoms with Crippen LogP contribution in [0.15, 0.2) is 6.20 Å². The van der Waals surface area contributed by atoms with Crippen molar-refractivity contribution in [1.29, 1.82) is 0 Å². The Morgan fingerprint density at radius 2 is 2.50 bits per heavy atom. The van der Waals surface area contributed by atoms with Gasteiger partial charge in [-0.3, -0.25) is 9.48 Å². The van der Waals surface area contributed by atoms with Gasteiger partial charge in [0.2, 0.25) is 0 Å². The van der Waals surface area contributed by atoms with Crippen molar-refractivity contribution in [3.05, 3.63) is 17.5 Å². The maximum atomic E-state index is 12.1. The summed E-state index contributed by atoms with van der Waals surface area (Å²) in [5, 5.41) is 7.20. The van der Waals surface area contributed by atoms with Crippen molar-refractivity contribution in [2.75, 3.05) is 26.3 Å². The van der Waals surface area contributed by atoms with Gasteiger partial charge in [0.1, 0.15) is 0 Å². The average Bonchev–Trinajstić information content (AvgIpc) is 3.06. The van der Waals surface area contributed by atoms with E-state index in [9.17, 15) is 4.79 Å². The fourth-order valence-corrected chi connectivity index (χ4v) is 2.43. The molecule has 1 aromatic rings. The van der Waals surface area contributed by atoms with Gasteiger partial charge in [-0.25, -0.2) is 0 Å². The molecule has 1 saturated heterocycles. The molecule has 1 aliphatic rings. The van der Waals surface area contributed by atoms with Crippen LogP contribution in [0.5, 0.6) is 0 Å². The molecule has 1 amide bonds. The van der Waals surface area contributed by atoms with Gasteiger partial charge in [-0.2, -0.15) is 5.10 Å². The Kier molecular flexibility index (Phi) is 5.55. The lowest BCUT2D eigenvalue weighted by atomic mass is 10.1. The third-order valence-electron chi connectivity index (χ3n) is 3.78. The van der Waals surface area contributed by atoms with Crippen LogP contribution in [0.1, 0.15) is 35.3 Å². The first-order valence-electron chi connectivity index (χ1n) is 7.30. The Bertz CT molecular complexity index is 438. The van der Waals surface area contributed by atoms with Gasteiger partial charge in [-0.15, -0.1) is 0 Å². The fourth-order valence-electron chi connectivity index (χ4n) is 2.43. The summed E-state index contributed by atoms with van der Waals surface area (Å²) in [7, 11) is 0. The number of carbonyl (C=O) groups is 1. The number of nitrogens with zero attached hydrogens (tertiary/aromatic N) is 2. The molecule has 0 aliphatic carbocycles. The highest BCUT2D eigenvalue weighted by Gasteiger charge is 2.17. The van der Waals surface area contributed by atoms with Crippen LogP contribution in [0.2, 0.25) is 0 Å². The predicted molar refractivity (Wildman–Crippen MR) is 76.5 cm³/mol. The smallest absolute Gasteiger partial charge is 0.254 e. The molecule has 3 N–H and O–H groups in total. The van der Waals surface area contributed by atoms with Gasteiger partial charge < -0.3 is 15.8 Å². The molecular weight excluding hydrogens is 256 g/mol. The van der Waals surface area contributed by atoms with E-state index in [0.29, 0.717) is 24.6 Å². The number of carbonyl (C=O) groups excluding carboxylic acids is 1. The molecule has 1 atom stereocenters. The largest absolute Gasteiger partial charge is 0.381 e. The van der Waals surface area contributed by atoms with E-state index in [2.05, 4.69) is 10.4 Å². The van der Waals surface area contributed by atoms with Crippen molar-refractivity contribution < 1.29 is 9.53 Å². The molecule has 0 spiro atoms. The van der Waals surface area contributed by atoms with Gasteiger partial charge in [0.05, 0.1) is 11.8 Å². The monoisotopic (exact) mass is 280 g/mol. The second-order valence-electron chi connectivity index (χ2n) is 5.28. The predicted octanol–water partition coefficient (Wildman–Crippen LogP) is 0.697. The minimum absolute atomic E-state index is 0.0413. The number of hydrogen-bond acceptors (Lipinski definition) is 4. The molecule has 1 fully saturated rings. The van der Waals surface area contributed by atoms with Crippen LogP contribution in [0.4, 0.5) is 0 Å². The van der Waals surface area contributed by atoms with Crippen molar-refractivity contribution in [3.63, 3.8) is 0 Å². The zero-order chi connectivity index (χ0) is 14.4. The molecule has 0 bridgehead atoms. The van der Waals surface area contributed by atoms with Crippen LogP contribution in [0, 0.1) is 12.8 Å². The first kappa shape index (κ1) is 15.0. The second-order valence-corrected chi connectivity index (χ2v) is 5.28. The summed E-state index contributed by atoms with van der Waals surface area (Å²) in [6.07, 6.45) is 4.59. The molecule has 0 aromatic carbocycles. The van der Waals surface area contributed by atoms with Crippen molar-refractivity contribution in [3.8, 4) is 0 Å². The third kappa shape index (κ3) is 3.80. The average molecular weight is 280 g/mol. The van der Waals surface area contributed by atoms with Crippen LogP contribution in [-0.2, 0) is 11.3 Å². The minimum atomic E-state index is -0.0413. The molecular formula is C14H24N4O2. The van der Waals surface area contributed by atoms with E-state index >= 15 is 0 Å².